The van der Waals surface area contributed by atoms with Crippen LogP contribution in [0.1, 0.15) is 16.8 Å². The highest BCUT2D eigenvalue weighted by Gasteiger charge is 2.20. The van der Waals surface area contributed by atoms with Crippen LogP contribution < -0.4 is 9.74 Å². The molecule has 0 fully saturated rings. The Labute approximate surface area is 96.9 Å². The van der Waals surface area contributed by atoms with E-state index in [1.54, 1.807) is 0 Å². The van der Waals surface area contributed by atoms with Crippen LogP contribution in [-0.2, 0) is 0 Å². The first-order valence-corrected chi connectivity index (χ1v) is 8.97. The van der Waals surface area contributed by atoms with E-state index in [9.17, 15) is 4.79 Å². The molecule has 0 bridgehead atoms. The molecule has 0 aliphatic carbocycles. The van der Waals surface area contributed by atoms with Gasteiger partial charge in [-0.2, -0.15) is 0 Å². The van der Waals surface area contributed by atoms with Crippen LogP contribution in [0.2, 0.25) is 19.6 Å². The zero-order valence-corrected chi connectivity index (χ0v) is 11.0. The number of Topliss-reactive ketones (excluding diaryl/α,β-unsaturated/α-hetero) is 1. The van der Waals surface area contributed by atoms with Crippen molar-refractivity contribution in [1.82, 2.24) is 0 Å². The van der Waals surface area contributed by atoms with Gasteiger partial charge in [-0.1, -0.05) is 0 Å². The number of hydrogen-bond donors (Lipinski definition) is 1. The van der Waals surface area contributed by atoms with Gasteiger partial charge in [-0.3, -0.25) is 4.79 Å². The van der Waals surface area contributed by atoms with E-state index < -0.39 is 8.32 Å². The van der Waals surface area contributed by atoms with Crippen molar-refractivity contribution in [3.05, 3.63) is 23.8 Å². The van der Waals surface area contributed by atoms with Crippen molar-refractivity contribution in [3.63, 3.8) is 0 Å². The lowest BCUT2D eigenvalue weighted by atomic mass is 10.0. The van der Waals surface area contributed by atoms with Crippen LogP contribution in [0.25, 0.3) is 0 Å². The predicted molar refractivity (Wildman–Crippen MR) is 67.9 cm³/mol. The maximum atomic E-state index is 11.7. The topological polar surface area (TPSA) is 38.3 Å². The van der Waals surface area contributed by atoms with E-state index >= 15 is 0 Å². The van der Waals surface area contributed by atoms with Crippen LogP contribution in [0.3, 0.4) is 0 Å². The van der Waals surface area contributed by atoms with Crippen LogP contribution >= 0.6 is 0 Å². The highest BCUT2D eigenvalue weighted by molar-refractivity contribution is 6.70. The molecule has 0 saturated carbocycles. The van der Waals surface area contributed by atoms with E-state index in [2.05, 4.69) is 25.0 Å². The lowest BCUT2D eigenvalue weighted by Crippen LogP contribution is -2.29. The summed E-state index contributed by atoms with van der Waals surface area (Å²) in [4.78, 5) is 11.7. The third-order valence-corrected chi connectivity index (χ3v) is 3.23. The van der Waals surface area contributed by atoms with Crippen molar-refractivity contribution < 1.29 is 9.22 Å². The molecule has 1 heterocycles. The van der Waals surface area contributed by atoms with Crippen molar-refractivity contribution in [1.29, 1.82) is 0 Å². The lowest BCUT2D eigenvalue weighted by molar-refractivity contribution is 0.0983. The molecule has 4 heteroatoms. The molecular formula is C12H17NO2Si. The monoisotopic (exact) mass is 235 g/mol. The summed E-state index contributed by atoms with van der Waals surface area (Å²) >= 11 is 0. The molecule has 2 rings (SSSR count). The number of carbonyl (C=O) groups excluding carboxylic acids is 1. The third kappa shape index (κ3) is 2.44. The number of rotatable bonds is 2. The van der Waals surface area contributed by atoms with Crippen LogP contribution in [0.5, 0.6) is 5.75 Å². The Morgan fingerprint density at radius 3 is 2.75 bits per heavy atom. The Bertz CT molecular complexity index is 424. The maximum absolute atomic E-state index is 11.7. The average Bonchev–Trinajstić information content (AvgIpc) is 2.17. The van der Waals surface area contributed by atoms with Gasteiger partial charge in [0.1, 0.15) is 5.75 Å². The smallest absolute Gasteiger partial charge is 0.242 e. The summed E-state index contributed by atoms with van der Waals surface area (Å²) in [6.07, 6.45) is 0.573. The van der Waals surface area contributed by atoms with Gasteiger partial charge in [0.05, 0.1) is 0 Å². The van der Waals surface area contributed by atoms with Gasteiger partial charge in [-0.15, -0.1) is 0 Å². The predicted octanol–water partition coefficient (Wildman–Crippen LogP) is 2.90. The molecule has 16 heavy (non-hydrogen) atoms. The Kier molecular flexibility index (Phi) is 2.76. The average molecular weight is 235 g/mol. The van der Waals surface area contributed by atoms with E-state index in [1.165, 1.54) is 0 Å². The number of fused-ring (bicyclic) bond motifs is 1. The first-order chi connectivity index (χ1) is 7.46. The molecule has 1 aliphatic rings. The molecule has 0 spiro atoms. The van der Waals surface area contributed by atoms with Gasteiger partial charge in [0.25, 0.3) is 0 Å². The number of anilines is 1. The van der Waals surface area contributed by atoms with Crippen molar-refractivity contribution in [3.8, 4) is 5.75 Å². The van der Waals surface area contributed by atoms with E-state index in [0.717, 1.165) is 23.5 Å². The SMILES string of the molecule is C[Si](C)(C)Oc1ccc2c(c1)C(=O)CCN2. The highest BCUT2D eigenvalue weighted by atomic mass is 28.4. The minimum Gasteiger partial charge on any atom is -0.544 e. The molecule has 1 aliphatic heterocycles. The summed E-state index contributed by atoms with van der Waals surface area (Å²) in [6, 6.07) is 5.73. The van der Waals surface area contributed by atoms with E-state index in [4.69, 9.17) is 4.43 Å². The number of nitrogens with one attached hydrogen (secondary N) is 1. The third-order valence-electron chi connectivity index (χ3n) is 2.38. The lowest BCUT2D eigenvalue weighted by Gasteiger charge is -2.22. The quantitative estimate of drug-likeness (QED) is 0.801. The number of carbonyl (C=O) groups is 1. The Balaban J connectivity index is 2.31. The number of benzene rings is 1. The van der Waals surface area contributed by atoms with Crippen molar-refractivity contribution >= 4 is 19.8 Å². The van der Waals surface area contributed by atoms with Gasteiger partial charge < -0.3 is 9.74 Å². The molecule has 1 N–H and O–H groups in total. The number of hydrogen-bond acceptors (Lipinski definition) is 3. The van der Waals surface area contributed by atoms with Crippen LogP contribution in [0, 0.1) is 0 Å². The molecule has 0 radical (unpaired) electrons. The molecule has 1 aromatic carbocycles. The highest BCUT2D eigenvalue weighted by Crippen LogP contribution is 2.27. The maximum Gasteiger partial charge on any atom is 0.242 e. The van der Waals surface area contributed by atoms with Crippen LogP contribution in [-0.4, -0.2) is 20.6 Å². The van der Waals surface area contributed by atoms with Gasteiger partial charge in [0.15, 0.2) is 5.78 Å². The number of ketones is 1. The van der Waals surface area contributed by atoms with Gasteiger partial charge in [-0.25, -0.2) is 0 Å². The molecule has 1 aromatic rings. The van der Waals surface area contributed by atoms with Crippen molar-refractivity contribution in [2.75, 3.05) is 11.9 Å². The second kappa shape index (κ2) is 3.94. The molecule has 3 nitrogen and oxygen atoms in total. The standard InChI is InChI=1S/C12H17NO2Si/c1-16(2,3)15-9-4-5-11-10(8-9)12(14)6-7-13-11/h4-5,8,13H,6-7H2,1-3H3. The zero-order valence-electron chi connectivity index (χ0n) is 9.96. The summed E-state index contributed by atoms with van der Waals surface area (Å²) in [7, 11) is -1.60. The summed E-state index contributed by atoms with van der Waals surface area (Å²) < 4.78 is 5.87. The van der Waals surface area contributed by atoms with Gasteiger partial charge in [-0.05, 0) is 37.8 Å². The van der Waals surface area contributed by atoms with E-state index in [-0.39, 0.29) is 5.78 Å². The fourth-order valence-electron chi connectivity index (χ4n) is 1.77. The molecule has 0 unspecified atom stereocenters. The fraction of sp³-hybridized carbons (Fsp3) is 0.417. The summed E-state index contributed by atoms with van der Waals surface area (Å²) in [6.45, 7) is 7.13. The van der Waals surface area contributed by atoms with Crippen LogP contribution in [0.4, 0.5) is 5.69 Å². The van der Waals surface area contributed by atoms with E-state index in [0.29, 0.717) is 6.42 Å². The van der Waals surface area contributed by atoms with Crippen molar-refractivity contribution in [2.45, 2.75) is 26.1 Å². The molecular weight excluding hydrogens is 218 g/mol. The molecule has 0 atom stereocenters. The summed E-state index contributed by atoms with van der Waals surface area (Å²) in [5, 5.41) is 3.22. The second-order valence-corrected chi connectivity index (χ2v) is 9.45. The van der Waals surface area contributed by atoms with E-state index in [1.807, 2.05) is 18.2 Å². The molecule has 0 saturated heterocycles. The molecule has 0 amide bonds. The van der Waals surface area contributed by atoms with Crippen LogP contribution in [0.15, 0.2) is 18.2 Å². The zero-order chi connectivity index (χ0) is 11.8. The fourth-order valence-corrected chi connectivity index (χ4v) is 2.60. The Morgan fingerprint density at radius 1 is 1.31 bits per heavy atom. The largest absolute Gasteiger partial charge is 0.544 e. The summed E-state index contributed by atoms with van der Waals surface area (Å²) in [5.74, 6) is 1.02. The molecule has 86 valence electrons. The van der Waals surface area contributed by atoms with Gasteiger partial charge in [0, 0.05) is 24.2 Å². The first-order valence-electron chi connectivity index (χ1n) is 5.56. The first kappa shape index (κ1) is 11.2. The minimum atomic E-state index is -1.60. The molecule has 0 aromatic heterocycles. The summed E-state index contributed by atoms with van der Waals surface area (Å²) in [5.41, 5.74) is 1.70. The second-order valence-electron chi connectivity index (χ2n) is 5.02. The normalized spacial score (nSPS) is 15.3. The van der Waals surface area contributed by atoms with Crippen molar-refractivity contribution in [2.24, 2.45) is 0 Å². The van der Waals surface area contributed by atoms with Gasteiger partial charge >= 0.3 is 0 Å². The Morgan fingerprint density at radius 2 is 2.06 bits per heavy atom. The Hall–Kier alpha value is -1.29. The van der Waals surface area contributed by atoms with Gasteiger partial charge in [0.2, 0.25) is 8.32 Å². The minimum absolute atomic E-state index is 0.203.